The van der Waals surface area contributed by atoms with Crippen LogP contribution in [-0.4, -0.2) is 20.8 Å². The molecule has 0 fully saturated rings. The molecule has 1 aromatic carbocycles. The minimum Gasteiger partial charge on any atom is -0.493 e. The highest BCUT2D eigenvalue weighted by Gasteiger charge is 2.17. The number of rotatable bonds is 7. The minimum atomic E-state index is 0.366. The molecule has 0 aliphatic heterocycles. The molecule has 0 aliphatic rings. The zero-order chi connectivity index (χ0) is 14.4. The number of aryl methyl sites for hydroxylation is 1. The fourth-order valence-corrected chi connectivity index (χ4v) is 2.41. The van der Waals surface area contributed by atoms with Crippen LogP contribution < -0.4 is 14.8 Å². The van der Waals surface area contributed by atoms with Crippen LogP contribution in [-0.2, 0) is 0 Å². The lowest BCUT2D eigenvalue weighted by molar-refractivity contribution is 0.352. The molecule has 0 saturated carbocycles. The van der Waals surface area contributed by atoms with Crippen molar-refractivity contribution in [1.82, 2.24) is 5.32 Å². The molecular formula is C16H27NO2. The lowest BCUT2D eigenvalue weighted by Gasteiger charge is -2.23. The lowest BCUT2D eigenvalue weighted by Crippen LogP contribution is -2.23. The monoisotopic (exact) mass is 265 g/mol. The summed E-state index contributed by atoms with van der Waals surface area (Å²) in [6, 6.07) is 4.52. The molecule has 19 heavy (non-hydrogen) atoms. The summed E-state index contributed by atoms with van der Waals surface area (Å²) in [6.45, 7) is 9.73. The van der Waals surface area contributed by atoms with E-state index in [-0.39, 0.29) is 0 Å². The Labute approximate surface area is 117 Å². The van der Waals surface area contributed by atoms with Crippen LogP contribution in [0.3, 0.4) is 0 Å². The normalized spacial score (nSPS) is 12.6. The summed E-state index contributed by atoms with van der Waals surface area (Å²) < 4.78 is 10.8. The second-order valence-electron chi connectivity index (χ2n) is 5.30. The smallest absolute Gasteiger partial charge is 0.161 e. The molecule has 108 valence electrons. The first-order valence-corrected chi connectivity index (χ1v) is 6.99. The Hall–Kier alpha value is -1.22. The van der Waals surface area contributed by atoms with Crippen molar-refractivity contribution >= 4 is 0 Å². The van der Waals surface area contributed by atoms with Gasteiger partial charge >= 0.3 is 0 Å². The predicted molar refractivity (Wildman–Crippen MR) is 80.2 cm³/mol. The maximum Gasteiger partial charge on any atom is 0.161 e. The van der Waals surface area contributed by atoms with E-state index in [1.165, 1.54) is 11.1 Å². The number of hydrogen-bond acceptors (Lipinski definition) is 3. The van der Waals surface area contributed by atoms with Crippen molar-refractivity contribution in [2.45, 2.75) is 40.2 Å². The van der Waals surface area contributed by atoms with Crippen molar-refractivity contribution in [3.63, 3.8) is 0 Å². The van der Waals surface area contributed by atoms with Crippen LogP contribution in [0, 0.1) is 12.8 Å². The number of hydrogen-bond donors (Lipinski definition) is 1. The number of methoxy groups -OCH3 is 2. The van der Waals surface area contributed by atoms with Gasteiger partial charge in [-0.3, -0.25) is 0 Å². The van der Waals surface area contributed by atoms with Crippen LogP contribution in [0.25, 0.3) is 0 Å². The van der Waals surface area contributed by atoms with Gasteiger partial charge in [-0.05, 0) is 49.1 Å². The van der Waals surface area contributed by atoms with Gasteiger partial charge in [-0.15, -0.1) is 0 Å². The first-order chi connectivity index (χ1) is 9.03. The highest BCUT2D eigenvalue weighted by molar-refractivity contribution is 5.48. The quantitative estimate of drug-likeness (QED) is 0.815. The van der Waals surface area contributed by atoms with Gasteiger partial charge in [0, 0.05) is 6.04 Å². The molecule has 1 atom stereocenters. The molecule has 0 amide bonds. The van der Waals surface area contributed by atoms with Crippen LogP contribution in [0.2, 0.25) is 0 Å². The van der Waals surface area contributed by atoms with Gasteiger partial charge in [0.1, 0.15) is 0 Å². The molecule has 1 rings (SSSR count). The Morgan fingerprint density at radius 1 is 1.11 bits per heavy atom. The molecule has 3 nitrogen and oxygen atoms in total. The van der Waals surface area contributed by atoms with E-state index in [0.717, 1.165) is 24.5 Å². The maximum absolute atomic E-state index is 5.41. The third-order valence-electron chi connectivity index (χ3n) is 3.31. The zero-order valence-corrected chi connectivity index (χ0v) is 13.0. The third-order valence-corrected chi connectivity index (χ3v) is 3.31. The molecule has 0 saturated heterocycles. The molecule has 1 N–H and O–H groups in total. The summed E-state index contributed by atoms with van der Waals surface area (Å²) in [6.07, 6.45) is 1.12. The number of ether oxygens (including phenoxy) is 2. The van der Waals surface area contributed by atoms with Gasteiger partial charge in [-0.25, -0.2) is 0 Å². The van der Waals surface area contributed by atoms with Gasteiger partial charge in [0.2, 0.25) is 0 Å². The van der Waals surface area contributed by atoms with E-state index >= 15 is 0 Å². The highest BCUT2D eigenvalue weighted by Crippen LogP contribution is 2.34. The van der Waals surface area contributed by atoms with E-state index in [0.29, 0.717) is 12.0 Å². The summed E-state index contributed by atoms with van der Waals surface area (Å²) in [5.74, 6) is 2.25. The van der Waals surface area contributed by atoms with Crippen molar-refractivity contribution in [2.24, 2.45) is 5.92 Å². The van der Waals surface area contributed by atoms with Crippen molar-refractivity contribution in [1.29, 1.82) is 0 Å². The van der Waals surface area contributed by atoms with Crippen molar-refractivity contribution in [3.05, 3.63) is 23.3 Å². The minimum absolute atomic E-state index is 0.366. The predicted octanol–water partition coefficient (Wildman–Crippen LogP) is 3.71. The summed E-state index contributed by atoms with van der Waals surface area (Å²) in [4.78, 5) is 0. The summed E-state index contributed by atoms with van der Waals surface area (Å²) >= 11 is 0. The van der Waals surface area contributed by atoms with E-state index in [9.17, 15) is 0 Å². The van der Waals surface area contributed by atoms with Crippen LogP contribution >= 0.6 is 0 Å². The molecular weight excluding hydrogens is 238 g/mol. The van der Waals surface area contributed by atoms with Crippen molar-refractivity contribution < 1.29 is 9.47 Å². The van der Waals surface area contributed by atoms with Crippen molar-refractivity contribution in [2.75, 3.05) is 20.8 Å². The summed E-state index contributed by atoms with van der Waals surface area (Å²) in [5.41, 5.74) is 2.54. The number of nitrogens with one attached hydrogen (secondary N) is 1. The van der Waals surface area contributed by atoms with Gasteiger partial charge in [-0.1, -0.05) is 20.8 Å². The van der Waals surface area contributed by atoms with E-state index in [4.69, 9.17) is 9.47 Å². The molecule has 0 aliphatic carbocycles. The summed E-state index contributed by atoms with van der Waals surface area (Å²) in [7, 11) is 3.36. The van der Waals surface area contributed by atoms with E-state index in [1.807, 2.05) is 0 Å². The van der Waals surface area contributed by atoms with Crippen LogP contribution in [0.15, 0.2) is 12.1 Å². The second-order valence-corrected chi connectivity index (χ2v) is 5.30. The van der Waals surface area contributed by atoms with Crippen LogP contribution in [0.4, 0.5) is 0 Å². The SMILES string of the molecule is CCNC(CC(C)C)c1cc(OC)c(OC)cc1C. The largest absolute Gasteiger partial charge is 0.493 e. The van der Waals surface area contributed by atoms with Crippen LogP contribution in [0.5, 0.6) is 11.5 Å². The third kappa shape index (κ3) is 4.13. The summed E-state index contributed by atoms with van der Waals surface area (Å²) in [5, 5.41) is 3.56. The van der Waals surface area contributed by atoms with Gasteiger partial charge in [0.25, 0.3) is 0 Å². The van der Waals surface area contributed by atoms with E-state index in [1.54, 1.807) is 14.2 Å². The Bertz CT molecular complexity index is 402. The fourth-order valence-electron chi connectivity index (χ4n) is 2.41. The van der Waals surface area contributed by atoms with Crippen molar-refractivity contribution in [3.8, 4) is 11.5 Å². The molecule has 3 heteroatoms. The Morgan fingerprint density at radius 3 is 2.16 bits per heavy atom. The van der Waals surface area contributed by atoms with E-state index in [2.05, 4.69) is 45.1 Å². The zero-order valence-electron chi connectivity index (χ0n) is 13.0. The molecule has 0 bridgehead atoms. The standard InChI is InChI=1S/C16H27NO2/c1-7-17-14(8-11(2)3)13-10-16(19-6)15(18-5)9-12(13)4/h9-11,14,17H,7-8H2,1-6H3. The highest BCUT2D eigenvalue weighted by atomic mass is 16.5. The Kier molecular flexibility index (Phi) is 6.16. The van der Waals surface area contributed by atoms with Gasteiger partial charge in [0.15, 0.2) is 11.5 Å². The fraction of sp³-hybridized carbons (Fsp3) is 0.625. The average Bonchev–Trinajstić information content (AvgIpc) is 2.37. The molecule has 0 aromatic heterocycles. The molecule has 1 aromatic rings. The molecule has 0 radical (unpaired) electrons. The maximum atomic E-state index is 5.41. The first kappa shape index (κ1) is 15.8. The first-order valence-electron chi connectivity index (χ1n) is 6.99. The number of benzene rings is 1. The van der Waals surface area contributed by atoms with Gasteiger partial charge in [-0.2, -0.15) is 0 Å². The Balaban J connectivity index is 3.14. The topological polar surface area (TPSA) is 30.5 Å². The molecule has 0 heterocycles. The van der Waals surface area contributed by atoms with Gasteiger partial charge in [0.05, 0.1) is 14.2 Å². The average molecular weight is 265 g/mol. The van der Waals surface area contributed by atoms with E-state index < -0.39 is 0 Å². The lowest BCUT2D eigenvalue weighted by atomic mass is 9.93. The van der Waals surface area contributed by atoms with Crippen LogP contribution in [0.1, 0.15) is 44.4 Å². The molecule has 1 unspecified atom stereocenters. The van der Waals surface area contributed by atoms with Gasteiger partial charge < -0.3 is 14.8 Å². The second kappa shape index (κ2) is 7.39. The molecule has 0 spiro atoms. The Morgan fingerprint density at radius 2 is 1.68 bits per heavy atom.